The van der Waals surface area contributed by atoms with Crippen molar-refractivity contribution in [2.75, 3.05) is 0 Å². The summed E-state index contributed by atoms with van der Waals surface area (Å²) in [4.78, 5) is 11.8. The average molecular weight is 196 g/mol. The van der Waals surface area contributed by atoms with E-state index in [9.17, 15) is 4.79 Å². The highest BCUT2D eigenvalue weighted by atomic mass is 32.1. The van der Waals surface area contributed by atoms with Crippen molar-refractivity contribution in [1.29, 1.82) is 0 Å². The highest BCUT2D eigenvalue weighted by molar-refractivity contribution is 7.10. The molecule has 0 N–H and O–H groups in total. The Labute approximate surface area is 83.8 Å². The fraction of sp³-hybridized carbons (Fsp3) is 0.545. The van der Waals surface area contributed by atoms with Crippen molar-refractivity contribution in [3.63, 3.8) is 0 Å². The van der Waals surface area contributed by atoms with E-state index in [2.05, 4.69) is 31.4 Å². The van der Waals surface area contributed by atoms with Crippen LogP contribution in [0.25, 0.3) is 0 Å². The molecule has 0 aliphatic carbocycles. The van der Waals surface area contributed by atoms with Gasteiger partial charge in [-0.3, -0.25) is 0 Å². The van der Waals surface area contributed by atoms with E-state index in [-0.39, 0.29) is 0 Å². The summed E-state index contributed by atoms with van der Waals surface area (Å²) < 4.78 is 0. The fourth-order valence-corrected chi connectivity index (χ4v) is 2.39. The van der Waals surface area contributed by atoms with Crippen LogP contribution in [0.15, 0.2) is 17.5 Å². The molecule has 1 rings (SSSR count). The minimum absolute atomic E-state index is 0.442. The van der Waals surface area contributed by atoms with E-state index >= 15 is 0 Å². The third kappa shape index (κ3) is 3.31. The molecule has 2 heteroatoms. The van der Waals surface area contributed by atoms with Gasteiger partial charge in [-0.1, -0.05) is 19.9 Å². The molecule has 1 atom stereocenters. The monoisotopic (exact) mass is 196 g/mol. The molecule has 13 heavy (non-hydrogen) atoms. The van der Waals surface area contributed by atoms with Crippen LogP contribution in [0.2, 0.25) is 0 Å². The molecule has 1 unspecified atom stereocenters. The van der Waals surface area contributed by atoms with Crippen LogP contribution in [0.3, 0.4) is 0 Å². The first-order valence-electron chi connectivity index (χ1n) is 4.71. The maximum Gasteiger partial charge on any atom is 0.120 e. The highest BCUT2D eigenvalue weighted by Crippen LogP contribution is 2.29. The molecule has 0 aliphatic heterocycles. The smallest absolute Gasteiger partial charge is 0.120 e. The van der Waals surface area contributed by atoms with Gasteiger partial charge in [-0.15, -0.1) is 11.3 Å². The van der Waals surface area contributed by atoms with Gasteiger partial charge in [0.05, 0.1) is 0 Å². The van der Waals surface area contributed by atoms with Gasteiger partial charge in [0.15, 0.2) is 0 Å². The molecule has 1 heterocycles. The van der Waals surface area contributed by atoms with E-state index < -0.39 is 0 Å². The molecule has 0 bridgehead atoms. The normalized spacial score (nSPS) is 13.2. The van der Waals surface area contributed by atoms with E-state index in [0.29, 0.717) is 18.3 Å². The molecule has 0 saturated heterocycles. The lowest BCUT2D eigenvalue weighted by Crippen LogP contribution is -2.01. The summed E-state index contributed by atoms with van der Waals surface area (Å²) in [6.45, 7) is 4.40. The van der Waals surface area contributed by atoms with Crippen LogP contribution in [0, 0.1) is 5.92 Å². The van der Waals surface area contributed by atoms with Crippen molar-refractivity contribution in [3.8, 4) is 0 Å². The van der Waals surface area contributed by atoms with E-state index in [0.717, 1.165) is 12.7 Å². The van der Waals surface area contributed by atoms with Crippen LogP contribution in [-0.2, 0) is 4.79 Å². The molecule has 1 aromatic rings. The maximum absolute atomic E-state index is 10.5. The number of carbonyl (C=O) groups excluding carboxylic acids is 1. The van der Waals surface area contributed by atoms with Crippen molar-refractivity contribution in [1.82, 2.24) is 0 Å². The Kier molecular flexibility index (Phi) is 4.16. The van der Waals surface area contributed by atoms with Crippen molar-refractivity contribution in [2.24, 2.45) is 5.92 Å². The van der Waals surface area contributed by atoms with Crippen LogP contribution in [0.5, 0.6) is 0 Å². The van der Waals surface area contributed by atoms with Crippen LogP contribution in [0.4, 0.5) is 0 Å². The maximum atomic E-state index is 10.5. The summed E-state index contributed by atoms with van der Waals surface area (Å²) in [7, 11) is 0. The van der Waals surface area contributed by atoms with Crippen molar-refractivity contribution in [3.05, 3.63) is 22.4 Å². The standard InChI is InChI=1S/C11H16OS/c1-9(2)8-10(5-6-12)11-4-3-7-13-11/h3-4,6-7,9-10H,5,8H2,1-2H3. The van der Waals surface area contributed by atoms with Crippen LogP contribution in [-0.4, -0.2) is 6.29 Å². The second-order valence-corrected chi connectivity index (χ2v) is 4.72. The number of carbonyl (C=O) groups is 1. The molecule has 1 aromatic heterocycles. The third-order valence-corrected chi connectivity index (χ3v) is 3.12. The van der Waals surface area contributed by atoms with Crippen LogP contribution >= 0.6 is 11.3 Å². The lowest BCUT2D eigenvalue weighted by Gasteiger charge is -2.14. The molecule has 72 valence electrons. The van der Waals surface area contributed by atoms with E-state index in [1.807, 2.05) is 0 Å². The molecule has 0 amide bonds. The summed E-state index contributed by atoms with van der Waals surface area (Å²) in [5.41, 5.74) is 0. The molecular weight excluding hydrogens is 180 g/mol. The zero-order valence-corrected chi connectivity index (χ0v) is 9.01. The lowest BCUT2D eigenvalue weighted by molar-refractivity contribution is -0.108. The molecule has 0 aromatic carbocycles. The summed E-state index contributed by atoms with van der Waals surface area (Å²) in [6, 6.07) is 4.18. The van der Waals surface area contributed by atoms with E-state index in [1.54, 1.807) is 11.3 Å². The Morgan fingerprint density at radius 2 is 2.31 bits per heavy atom. The van der Waals surface area contributed by atoms with Crippen LogP contribution < -0.4 is 0 Å². The van der Waals surface area contributed by atoms with Crippen molar-refractivity contribution < 1.29 is 4.79 Å². The van der Waals surface area contributed by atoms with Gasteiger partial charge in [0, 0.05) is 17.2 Å². The minimum Gasteiger partial charge on any atom is -0.303 e. The Bertz CT molecular complexity index is 239. The molecule has 0 radical (unpaired) electrons. The predicted octanol–water partition coefficient (Wildman–Crippen LogP) is 3.47. The SMILES string of the molecule is CC(C)CC(CC=O)c1cccs1. The number of thiophene rings is 1. The Morgan fingerprint density at radius 3 is 2.77 bits per heavy atom. The van der Waals surface area contributed by atoms with Crippen molar-refractivity contribution in [2.45, 2.75) is 32.6 Å². The average Bonchev–Trinajstić information content (AvgIpc) is 2.54. The fourth-order valence-electron chi connectivity index (χ4n) is 1.54. The quantitative estimate of drug-likeness (QED) is 0.659. The predicted molar refractivity (Wildman–Crippen MR) is 57.2 cm³/mol. The van der Waals surface area contributed by atoms with E-state index in [4.69, 9.17) is 0 Å². The largest absolute Gasteiger partial charge is 0.303 e. The number of hydrogen-bond donors (Lipinski definition) is 0. The minimum atomic E-state index is 0.442. The lowest BCUT2D eigenvalue weighted by atomic mass is 9.93. The molecule has 0 saturated carbocycles. The zero-order chi connectivity index (χ0) is 9.68. The highest BCUT2D eigenvalue weighted by Gasteiger charge is 2.13. The molecular formula is C11H16OS. The Morgan fingerprint density at radius 1 is 1.54 bits per heavy atom. The van der Waals surface area contributed by atoms with Gasteiger partial charge < -0.3 is 4.79 Å². The van der Waals surface area contributed by atoms with Gasteiger partial charge in [-0.2, -0.15) is 0 Å². The summed E-state index contributed by atoms with van der Waals surface area (Å²) in [6.07, 6.45) is 2.81. The van der Waals surface area contributed by atoms with Gasteiger partial charge in [0.25, 0.3) is 0 Å². The summed E-state index contributed by atoms with van der Waals surface area (Å²) in [5.74, 6) is 1.10. The summed E-state index contributed by atoms with van der Waals surface area (Å²) in [5, 5.41) is 2.08. The second-order valence-electron chi connectivity index (χ2n) is 3.74. The second kappa shape index (κ2) is 5.18. The van der Waals surface area contributed by atoms with Gasteiger partial charge in [-0.05, 0) is 23.8 Å². The molecule has 0 spiro atoms. The Balaban J connectivity index is 2.62. The van der Waals surface area contributed by atoms with Gasteiger partial charge in [-0.25, -0.2) is 0 Å². The topological polar surface area (TPSA) is 17.1 Å². The Hall–Kier alpha value is -0.630. The van der Waals surface area contributed by atoms with Gasteiger partial charge in [0.1, 0.15) is 6.29 Å². The summed E-state index contributed by atoms with van der Waals surface area (Å²) >= 11 is 1.75. The van der Waals surface area contributed by atoms with E-state index in [1.165, 1.54) is 4.88 Å². The first kappa shape index (κ1) is 10.5. The zero-order valence-electron chi connectivity index (χ0n) is 8.19. The number of hydrogen-bond acceptors (Lipinski definition) is 2. The first-order chi connectivity index (χ1) is 6.24. The number of rotatable bonds is 5. The van der Waals surface area contributed by atoms with Gasteiger partial charge in [0.2, 0.25) is 0 Å². The van der Waals surface area contributed by atoms with Crippen molar-refractivity contribution >= 4 is 17.6 Å². The van der Waals surface area contributed by atoms with Gasteiger partial charge >= 0.3 is 0 Å². The first-order valence-corrected chi connectivity index (χ1v) is 5.59. The van der Waals surface area contributed by atoms with Crippen LogP contribution in [0.1, 0.15) is 37.5 Å². The molecule has 1 nitrogen and oxygen atoms in total. The molecule has 0 aliphatic rings. The number of aldehydes is 1. The third-order valence-electron chi connectivity index (χ3n) is 2.08. The molecule has 0 fully saturated rings.